The first-order valence-electron chi connectivity index (χ1n) is 4.97. The molecular formula is C11H15NO2. The van der Waals surface area contributed by atoms with Gasteiger partial charge in [0.1, 0.15) is 0 Å². The molecule has 1 saturated heterocycles. The van der Waals surface area contributed by atoms with Gasteiger partial charge in [-0.2, -0.15) is 0 Å². The number of para-hydroxylation sites is 1. The molecule has 0 aromatic heterocycles. The second-order valence-corrected chi connectivity index (χ2v) is 3.35. The summed E-state index contributed by atoms with van der Waals surface area (Å²) in [5, 5.41) is 3.22. The van der Waals surface area contributed by atoms with E-state index in [2.05, 4.69) is 5.32 Å². The number of methoxy groups -OCH3 is 1. The van der Waals surface area contributed by atoms with E-state index in [4.69, 9.17) is 9.47 Å². The van der Waals surface area contributed by atoms with Crippen molar-refractivity contribution in [2.45, 2.75) is 12.8 Å². The Morgan fingerprint density at radius 2 is 2.07 bits per heavy atom. The van der Waals surface area contributed by atoms with E-state index >= 15 is 0 Å². The predicted octanol–water partition coefficient (Wildman–Crippen LogP) is 2.17. The van der Waals surface area contributed by atoms with Gasteiger partial charge in [0.25, 0.3) is 0 Å². The van der Waals surface area contributed by atoms with Crippen molar-refractivity contribution >= 4 is 0 Å². The lowest BCUT2D eigenvalue weighted by Gasteiger charge is -1.90. The van der Waals surface area contributed by atoms with Crippen LogP contribution in [0.3, 0.4) is 0 Å². The summed E-state index contributed by atoms with van der Waals surface area (Å²) in [7, 11) is 1.64. The topological polar surface area (TPSA) is 33.8 Å². The molecule has 0 bridgehead atoms. The van der Waals surface area contributed by atoms with Crippen LogP contribution in [0.5, 0.6) is 17.2 Å². The zero-order chi connectivity index (χ0) is 9.80. The lowest BCUT2D eigenvalue weighted by atomic mass is 10.3. The first-order valence-corrected chi connectivity index (χ1v) is 4.97. The molecule has 2 aliphatic heterocycles. The van der Waals surface area contributed by atoms with Gasteiger partial charge in [-0.1, -0.05) is 6.07 Å². The Balaban J connectivity index is 0.000000128. The molecular weight excluding hydrogens is 178 g/mol. The number of hydrogen-bond donors (Lipinski definition) is 1. The molecule has 0 unspecified atom stereocenters. The molecule has 1 fully saturated rings. The molecule has 0 spiro atoms. The number of rotatable bonds is 1. The van der Waals surface area contributed by atoms with Gasteiger partial charge in [0.05, 0.1) is 7.11 Å². The van der Waals surface area contributed by atoms with Crippen molar-refractivity contribution in [1.82, 2.24) is 5.32 Å². The lowest BCUT2D eigenvalue weighted by molar-refractivity contribution is 0.408. The fourth-order valence-corrected chi connectivity index (χ4v) is 1.45. The maximum atomic E-state index is 5.03. The average molecular weight is 193 g/mol. The molecule has 1 aromatic carbocycles. The highest BCUT2D eigenvalue weighted by molar-refractivity contribution is 5.62. The van der Waals surface area contributed by atoms with Crippen LogP contribution in [0, 0.1) is 0 Å². The summed E-state index contributed by atoms with van der Waals surface area (Å²) in [6, 6.07) is 5.70. The smallest absolute Gasteiger partial charge is 0.211 e. The summed E-state index contributed by atoms with van der Waals surface area (Å²) in [5.41, 5.74) is 0. The van der Waals surface area contributed by atoms with Crippen molar-refractivity contribution in [2.24, 2.45) is 0 Å². The standard InChI is InChI=1S/C7H6O2.C4H9N/c1-8-5-3-2-4-6-7(5)9-6;1-2-4-5-3-1/h2-4H,1H3;5H,1-4H2. The normalized spacial score (nSPS) is 16.1. The van der Waals surface area contributed by atoms with Crippen LogP contribution in [0.25, 0.3) is 0 Å². The molecule has 3 heteroatoms. The Hall–Kier alpha value is -1.22. The highest BCUT2D eigenvalue weighted by atomic mass is 16.6. The van der Waals surface area contributed by atoms with Crippen LogP contribution in [-0.2, 0) is 0 Å². The number of hydrogen-bond acceptors (Lipinski definition) is 3. The van der Waals surface area contributed by atoms with E-state index in [0.29, 0.717) is 0 Å². The van der Waals surface area contributed by atoms with Crippen LogP contribution in [0.4, 0.5) is 0 Å². The molecule has 2 aliphatic rings. The van der Waals surface area contributed by atoms with Gasteiger partial charge >= 0.3 is 0 Å². The van der Waals surface area contributed by atoms with Crippen LogP contribution in [0.2, 0.25) is 0 Å². The van der Waals surface area contributed by atoms with Crippen LogP contribution >= 0.6 is 0 Å². The zero-order valence-electron chi connectivity index (χ0n) is 8.38. The average Bonchev–Trinajstić information content (AvgIpc) is 2.79. The highest BCUT2D eigenvalue weighted by Crippen LogP contribution is 2.51. The molecule has 0 atom stereocenters. The van der Waals surface area contributed by atoms with Crippen LogP contribution < -0.4 is 14.8 Å². The Morgan fingerprint density at radius 3 is 2.57 bits per heavy atom. The molecule has 0 radical (unpaired) electrons. The number of ether oxygens (including phenoxy) is 2. The number of fused-ring (bicyclic) bond motifs is 1. The second kappa shape index (κ2) is 4.33. The molecule has 0 aliphatic carbocycles. The molecule has 0 saturated carbocycles. The Labute approximate surface area is 84.0 Å². The maximum Gasteiger partial charge on any atom is 0.211 e. The van der Waals surface area contributed by atoms with Gasteiger partial charge in [-0.3, -0.25) is 0 Å². The summed E-state index contributed by atoms with van der Waals surface area (Å²) >= 11 is 0. The minimum absolute atomic E-state index is 0.826. The number of nitrogens with one attached hydrogen (secondary N) is 1. The van der Waals surface area contributed by atoms with Crippen molar-refractivity contribution in [1.29, 1.82) is 0 Å². The largest absolute Gasteiger partial charge is 0.493 e. The van der Waals surface area contributed by atoms with Gasteiger partial charge in [-0.05, 0) is 38.1 Å². The summed E-state index contributed by atoms with van der Waals surface area (Å²) in [4.78, 5) is 0. The zero-order valence-corrected chi connectivity index (χ0v) is 8.38. The lowest BCUT2D eigenvalue weighted by Crippen LogP contribution is -2.03. The van der Waals surface area contributed by atoms with Gasteiger partial charge in [0, 0.05) is 0 Å². The predicted molar refractivity (Wildman–Crippen MR) is 55.2 cm³/mol. The van der Waals surface area contributed by atoms with E-state index in [9.17, 15) is 0 Å². The van der Waals surface area contributed by atoms with Crippen molar-refractivity contribution in [3.05, 3.63) is 18.2 Å². The van der Waals surface area contributed by atoms with Crippen molar-refractivity contribution < 1.29 is 9.47 Å². The molecule has 3 rings (SSSR count). The molecule has 76 valence electrons. The molecule has 14 heavy (non-hydrogen) atoms. The molecule has 1 aromatic rings. The quantitative estimate of drug-likeness (QED) is 0.705. The monoisotopic (exact) mass is 193 g/mol. The summed E-state index contributed by atoms with van der Waals surface area (Å²) < 4.78 is 10.0. The maximum absolute atomic E-state index is 5.03. The molecule has 3 nitrogen and oxygen atoms in total. The molecule has 0 amide bonds. The SMILES string of the molecule is C1CCNC1.COc1cccc2c1O2. The van der Waals surface area contributed by atoms with E-state index in [1.807, 2.05) is 18.2 Å². The Kier molecular flexibility index (Phi) is 2.89. The van der Waals surface area contributed by atoms with Crippen molar-refractivity contribution in [2.75, 3.05) is 20.2 Å². The summed E-state index contributed by atoms with van der Waals surface area (Å²) in [6.45, 7) is 2.50. The van der Waals surface area contributed by atoms with E-state index in [0.717, 1.165) is 17.2 Å². The first kappa shape index (κ1) is 9.34. The summed E-state index contributed by atoms with van der Waals surface area (Å²) in [6.07, 6.45) is 2.78. The van der Waals surface area contributed by atoms with E-state index < -0.39 is 0 Å². The van der Waals surface area contributed by atoms with Gasteiger partial charge in [0.2, 0.25) is 5.75 Å². The fourth-order valence-electron chi connectivity index (χ4n) is 1.45. The third kappa shape index (κ3) is 2.17. The summed E-state index contributed by atoms with van der Waals surface area (Å²) in [5.74, 6) is 2.65. The van der Waals surface area contributed by atoms with E-state index in [1.54, 1.807) is 7.11 Å². The molecule has 2 heterocycles. The Morgan fingerprint density at radius 1 is 1.29 bits per heavy atom. The fraction of sp³-hybridized carbons (Fsp3) is 0.455. The highest BCUT2D eigenvalue weighted by Gasteiger charge is 2.23. The van der Waals surface area contributed by atoms with Crippen LogP contribution in [0.15, 0.2) is 18.2 Å². The van der Waals surface area contributed by atoms with Gasteiger partial charge < -0.3 is 14.8 Å². The minimum Gasteiger partial charge on any atom is -0.493 e. The van der Waals surface area contributed by atoms with Gasteiger partial charge in [0.15, 0.2) is 11.5 Å². The van der Waals surface area contributed by atoms with Gasteiger partial charge in [-0.25, -0.2) is 0 Å². The second-order valence-electron chi connectivity index (χ2n) is 3.35. The number of benzene rings is 1. The van der Waals surface area contributed by atoms with Gasteiger partial charge in [-0.15, -0.1) is 0 Å². The third-order valence-electron chi connectivity index (χ3n) is 2.29. The van der Waals surface area contributed by atoms with Crippen molar-refractivity contribution in [3.63, 3.8) is 0 Å². The van der Waals surface area contributed by atoms with Crippen LogP contribution in [0.1, 0.15) is 12.8 Å². The first-order chi connectivity index (χ1) is 6.92. The van der Waals surface area contributed by atoms with E-state index in [1.165, 1.54) is 25.9 Å². The van der Waals surface area contributed by atoms with Crippen molar-refractivity contribution in [3.8, 4) is 17.2 Å². The van der Waals surface area contributed by atoms with Crippen LogP contribution in [-0.4, -0.2) is 20.2 Å². The minimum atomic E-state index is 0.826. The third-order valence-corrected chi connectivity index (χ3v) is 2.29. The molecule has 1 N–H and O–H groups in total. The van der Waals surface area contributed by atoms with E-state index in [-0.39, 0.29) is 0 Å². The Bertz CT molecular complexity index is 301.